The first-order chi connectivity index (χ1) is 9.03. The normalized spacial score (nSPS) is 29.0. The molecule has 0 aromatic heterocycles. The Labute approximate surface area is 129 Å². The standard InChI is InChI=1S/C15H29N3O.ClH/c1-18(2)15(8-4-3-5-9-15)11-17-14(19)12-6-7-13(16)10-12;/h12-13H,3-11,16H2,1-2H3,(H,17,19);1H. The van der Waals surface area contributed by atoms with Crippen molar-refractivity contribution in [3.8, 4) is 0 Å². The van der Waals surface area contributed by atoms with Crippen molar-refractivity contribution in [2.75, 3.05) is 20.6 Å². The average molecular weight is 304 g/mol. The first-order valence-electron chi connectivity index (χ1n) is 7.74. The molecule has 0 aromatic rings. The molecule has 2 atom stereocenters. The second kappa shape index (κ2) is 7.62. The predicted octanol–water partition coefficient (Wildman–Crippen LogP) is 1.92. The van der Waals surface area contributed by atoms with E-state index in [0.29, 0.717) is 0 Å². The van der Waals surface area contributed by atoms with Crippen LogP contribution in [0.25, 0.3) is 0 Å². The number of nitrogens with one attached hydrogen (secondary N) is 1. The highest BCUT2D eigenvalue weighted by Gasteiger charge is 2.35. The molecule has 2 saturated carbocycles. The van der Waals surface area contributed by atoms with Crippen molar-refractivity contribution in [1.29, 1.82) is 0 Å². The maximum atomic E-state index is 12.2. The highest BCUT2D eigenvalue weighted by Crippen LogP contribution is 2.32. The van der Waals surface area contributed by atoms with Gasteiger partial charge in [0.15, 0.2) is 0 Å². The largest absolute Gasteiger partial charge is 0.354 e. The van der Waals surface area contributed by atoms with Gasteiger partial charge in [-0.3, -0.25) is 4.79 Å². The van der Waals surface area contributed by atoms with E-state index in [2.05, 4.69) is 24.3 Å². The van der Waals surface area contributed by atoms with Gasteiger partial charge < -0.3 is 16.0 Å². The zero-order valence-electron chi connectivity index (χ0n) is 12.9. The third-order valence-corrected chi connectivity index (χ3v) is 5.17. The summed E-state index contributed by atoms with van der Waals surface area (Å²) in [5.74, 6) is 0.373. The topological polar surface area (TPSA) is 58.4 Å². The van der Waals surface area contributed by atoms with Gasteiger partial charge in [0.25, 0.3) is 0 Å². The van der Waals surface area contributed by atoms with E-state index in [-0.39, 0.29) is 35.8 Å². The lowest BCUT2D eigenvalue weighted by Crippen LogP contribution is -2.54. The molecule has 3 N–H and O–H groups in total. The summed E-state index contributed by atoms with van der Waals surface area (Å²) in [5.41, 5.74) is 6.06. The Morgan fingerprint density at radius 3 is 2.40 bits per heavy atom. The van der Waals surface area contributed by atoms with Crippen molar-refractivity contribution < 1.29 is 4.79 Å². The Bertz CT molecular complexity index is 316. The minimum atomic E-state index is 0. The summed E-state index contributed by atoms with van der Waals surface area (Å²) in [6.45, 7) is 0.796. The first kappa shape index (κ1) is 17.7. The maximum absolute atomic E-state index is 12.2. The van der Waals surface area contributed by atoms with E-state index in [1.165, 1.54) is 32.1 Å². The van der Waals surface area contributed by atoms with Crippen LogP contribution in [0, 0.1) is 5.92 Å². The molecule has 2 aliphatic carbocycles. The predicted molar refractivity (Wildman–Crippen MR) is 85.1 cm³/mol. The van der Waals surface area contributed by atoms with E-state index in [0.717, 1.165) is 25.8 Å². The van der Waals surface area contributed by atoms with Crippen LogP contribution in [-0.4, -0.2) is 43.0 Å². The number of carbonyl (C=O) groups excluding carboxylic acids is 1. The molecule has 0 saturated heterocycles. The van der Waals surface area contributed by atoms with Gasteiger partial charge in [-0.15, -0.1) is 12.4 Å². The van der Waals surface area contributed by atoms with Gasteiger partial charge >= 0.3 is 0 Å². The van der Waals surface area contributed by atoms with Gasteiger partial charge in [0.2, 0.25) is 5.91 Å². The van der Waals surface area contributed by atoms with E-state index in [1.54, 1.807) is 0 Å². The van der Waals surface area contributed by atoms with Gasteiger partial charge in [-0.1, -0.05) is 19.3 Å². The summed E-state index contributed by atoms with van der Waals surface area (Å²) in [6, 6.07) is 0.230. The third-order valence-electron chi connectivity index (χ3n) is 5.17. The summed E-state index contributed by atoms with van der Waals surface area (Å²) in [4.78, 5) is 14.5. The van der Waals surface area contributed by atoms with Crippen molar-refractivity contribution in [3.05, 3.63) is 0 Å². The Morgan fingerprint density at radius 1 is 1.25 bits per heavy atom. The quantitative estimate of drug-likeness (QED) is 0.834. The number of hydrogen-bond acceptors (Lipinski definition) is 3. The molecule has 2 aliphatic rings. The Kier molecular flexibility index (Phi) is 6.76. The molecule has 20 heavy (non-hydrogen) atoms. The number of rotatable bonds is 4. The van der Waals surface area contributed by atoms with Gasteiger partial charge in [0.05, 0.1) is 0 Å². The molecule has 0 radical (unpaired) electrons. The lowest BCUT2D eigenvalue weighted by atomic mass is 9.80. The number of amides is 1. The molecular weight excluding hydrogens is 274 g/mol. The highest BCUT2D eigenvalue weighted by atomic mass is 35.5. The molecule has 5 heteroatoms. The molecular formula is C15H30ClN3O. The number of nitrogens with two attached hydrogens (primary N) is 1. The van der Waals surface area contributed by atoms with Gasteiger partial charge in [0, 0.05) is 24.0 Å². The van der Waals surface area contributed by atoms with Crippen LogP contribution in [0.1, 0.15) is 51.4 Å². The molecule has 0 heterocycles. The molecule has 2 fully saturated rings. The van der Waals surface area contributed by atoms with Crippen LogP contribution in [0.4, 0.5) is 0 Å². The minimum Gasteiger partial charge on any atom is -0.354 e. The van der Waals surface area contributed by atoms with Crippen molar-refractivity contribution in [3.63, 3.8) is 0 Å². The van der Waals surface area contributed by atoms with Crippen molar-refractivity contribution in [1.82, 2.24) is 10.2 Å². The number of halogens is 1. The maximum Gasteiger partial charge on any atom is 0.223 e. The zero-order valence-corrected chi connectivity index (χ0v) is 13.7. The Hall–Kier alpha value is -0.320. The number of carbonyl (C=O) groups is 1. The van der Waals surface area contributed by atoms with Crippen LogP contribution in [-0.2, 0) is 4.79 Å². The molecule has 4 nitrogen and oxygen atoms in total. The van der Waals surface area contributed by atoms with Gasteiger partial charge in [-0.25, -0.2) is 0 Å². The molecule has 0 aromatic carbocycles. The number of hydrogen-bond donors (Lipinski definition) is 2. The summed E-state index contributed by atoms with van der Waals surface area (Å²) in [6.07, 6.45) is 9.11. The molecule has 0 spiro atoms. The molecule has 2 rings (SSSR count). The SMILES string of the molecule is CN(C)C1(CNC(=O)C2CCC(N)C2)CCCCC1.Cl. The van der Waals surface area contributed by atoms with Crippen molar-refractivity contribution >= 4 is 18.3 Å². The van der Waals surface area contributed by atoms with E-state index in [1.807, 2.05) is 0 Å². The second-order valence-electron chi connectivity index (χ2n) is 6.67. The fourth-order valence-corrected chi connectivity index (χ4v) is 3.64. The lowest BCUT2D eigenvalue weighted by Gasteiger charge is -2.43. The van der Waals surface area contributed by atoms with E-state index >= 15 is 0 Å². The number of likely N-dealkylation sites (N-methyl/N-ethyl adjacent to an activating group) is 1. The number of nitrogens with zero attached hydrogens (tertiary/aromatic N) is 1. The summed E-state index contributed by atoms with van der Waals surface area (Å²) in [5, 5.41) is 3.20. The van der Waals surface area contributed by atoms with Gasteiger partial charge in [-0.2, -0.15) is 0 Å². The van der Waals surface area contributed by atoms with Crippen LogP contribution in [0.15, 0.2) is 0 Å². The van der Waals surface area contributed by atoms with Crippen LogP contribution >= 0.6 is 12.4 Å². The van der Waals surface area contributed by atoms with Gasteiger partial charge in [0.1, 0.15) is 0 Å². The zero-order chi connectivity index (χ0) is 13.9. The summed E-state index contributed by atoms with van der Waals surface area (Å²) < 4.78 is 0. The smallest absolute Gasteiger partial charge is 0.223 e. The third kappa shape index (κ3) is 4.09. The van der Waals surface area contributed by atoms with Crippen LogP contribution < -0.4 is 11.1 Å². The van der Waals surface area contributed by atoms with Crippen molar-refractivity contribution in [2.24, 2.45) is 11.7 Å². The van der Waals surface area contributed by atoms with E-state index in [4.69, 9.17) is 5.73 Å². The first-order valence-corrected chi connectivity index (χ1v) is 7.74. The fourth-order valence-electron chi connectivity index (χ4n) is 3.64. The minimum absolute atomic E-state index is 0. The summed E-state index contributed by atoms with van der Waals surface area (Å²) in [7, 11) is 4.28. The molecule has 118 valence electrons. The summed E-state index contributed by atoms with van der Waals surface area (Å²) >= 11 is 0. The van der Waals surface area contributed by atoms with Gasteiger partial charge in [-0.05, 0) is 46.2 Å². The van der Waals surface area contributed by atoms with Crippen LogP contribution in [0.5, 0.6) is 0 Å². The average Bonchev–Trinajstić information content (AvgIpc) is 2.83. The van der Waals surface area contributed by atoms with Crippen LogP contribution in [0.3, 0.4) is 0 Å². The molecule has 0 bridgehead atoms. The van der Waals surface area contributed by atoms with E-state index in [9.17, 15) is 4.79 Å². The molecule has 1 amide bonds. The van der Waals surface area contributed by atoms with E-state index < -0.39 is 0 Å². The second-order valence-corrected chi connectivity index (χ2v) is 6.67. The van der Waals surface area contributed by atoms with Crippen LogP contribution in [0.2, 0.25) is 0 Å². The lowest BCUT2D eigenvalue weighted by molar-refractivity contribution is -0.125. The Balaban J connectivity index is 0.00000200. The Morgan fingerprint density at radius 2 is 1.90 bits per heavy atom. The fraction of sp³-hybridized carbons (Fsp3) is 0.933. The molecule has 0 aliphatic heterocycles. The monoisotopic (exact) mass is 303 g/mol. The van der Waals surface area contributed by atoms with Crippen molar-refractivity contribution in [2.45, 2.75) is 62.9 Å². The molecule has 2 unspecified atom stereocenters. The highest BCUT2D eigenvalue weighted by molar-refractivity contribution is 5.85.